The standard InChI is InChI=1S/C9H9NO6/c11-8(12)9(13)16-5-6-3-1-2-4-7(6)10(14)15/h1-4,8,11-12H,5H2. The van der Waals surface area contributed by atoms with Gasteiger partial charge < -0.3 is 14.9 Å². The fourth-order valence-corrected chi connectivity index (χ4v) is 1.03. The second-order valence-corrected chi connectivity index (χ2v) is 2.87. The number of nitro groups is 1. The number of nitrogens with zero attached hydrogens (tertiary/aromatic N) is 1. The predicted octanol–water partition coefficient (Wildman–Crippen LogP) is -0.0513. The van der Waals surface area contributed by atoms with Gasteiger partial charge in [-0.15, -0.1) is 0 Å². The smallest absolute Gasteiger partial charge is 0.363 e. The van der Waals surface area contributed by atoms with E-state index in [2.05, 4.69) is 4.74 Å². The number of carbonyl (C=O) groups excluding carboxylic acids is 1. The molecule has 0 aliphatic rings. The minimum Gasteiger partial charge on any atom is -0.457 e. The Hall–Kier alpha value is -1.99. The van der Waals surface area contributed by atoms with Gasteiger partial charge in [-0.3, -0.25) is 10.1 Å². The molecule has 0 aliphatic carbocycles. The zero-order valence-corrected chi connectivity index (χ0v) is 8.07. The van der Waals surface area contributed by atoms with Crippen molar-refractivity contribution in [2.75, 3.05) is 0 Å². The zero-order chi connectivity index (χ0) is 12.1. The Kier molecular flexibility index (Phi) is 3.92. The third-order valence-electron chi connectivity index (χ3n) is 1.77. The van der Waals surface area contributed by atoms with Gasteiger partial charge in [-0.25, -0.2) is 4.79 Å². The van der Waals surface area contributed by atoms with Crippen LogP contribution in [0, 0.1) is 10.1 Å². The Morgan fingerprint density at radius 3 is 2.62 bits per heavy atom. The van der Waals surface area contributed by atoms with Crippen LogP contribution >= 0.6 is 0 Å². The van der Waals surface area contributed by atoms with Gasteiger partial charge in [0.25, 0.3) is 12.0 Å². The summed E-state index contributed by atoms with van der Waals surface area (Å²) in [7, 11) is 0. The topological polar surface area (TPSA) is 110 Å². The van der Waals surface area contributed by atoms with Crippen LogP contribution in [0.15, 0.2) is 24.3 Å². The Bertz CT molecular complexity index is 403. The van der Waals surface area contributed by atoms with E-state index in [1.165, 1.54) is 18.2 Å². The van der Waals surface area contributed by atoms with E-state index in [-0.39, 0.29) is 17.9 Å². The van der Waals surface area contributed by atoms with Crippen LogP contribution in [0.4, 0.5) is 5.69 Å². The Morgan fingerprint density at radius 2 is 2.06 bits per heavy atom. The molecule has 0 fully saturated rings. The molecule has 0 unspecified atom stereocenters. The molecule has 1 rings (SSSR count). The molecule has 7 nitrogen and oxygen atoms in total. The van der Waals surface area contributed by atoms with Gasteiger partial charge in [0.15, 0.2) is 0 Å². The molecule has 2 N–H and O–H groups in total. The van der Waals surface area contributed by atoms with Crippen LogP contribution in [0.5, 0.6) is 0 Å². The van der Waals surface area contributed by atoms with E-state index in [1.807, 2.05) is 0 Å². The number of hydrogen-bond acceptors (Lipinski definition) is 6. The fourth-order valence-electron chi connectivity index (χ4n) is 1.03. The van der Waals surface area contributed by atoms with E-state index in [1.54, 1.807) is 6.07 Å². The molecule has 1 aromatic carbocycles. The van der Waals surface area contributed by atoms with Crippen LogP contribution < -0.4 is 0 Å². The van der Waals surface area contributed by atoms with Crippen molar-refractivity contribution in [2.24, 2.45) is 0 Å². The highest BCUT2D eigenvalue weighted by molar-refractivity contribution is 5.72. The maximum absolute atomic E-state index is 10.7. The van der Waals surface area contributed by atoms with Gasteiger partial charge in [0, 0.05) is 6.07 Å². The SMILES string of the molecule is O=C(OCc1ccccc1[N+](=O)[O-])C(O)O. The molecule has 7 heteroatoms. The maximum Gasteiger partial charge on any atom is 0.363 e. The summed E-state index contributed by atoms with van der Waals surface area (Å²) in [5.41, 5.74) is -0.00997. The first-order chi connectivity index (χ1) is 7.52. The van der Waals surface area contributed by atoms with Crippen molar-refractivity contribution in [1.82, 2.24) is 0 Å². The summed E-state index contributed by atoms with van der Waals surface area (Å²) in [4.78, 5) is 20.7. The molecule has 0 spiro atoms. The minimum absolute atomic E-state index is 0.182. The van der Waals surface area contributed by atoms with Gasteiger partial charge >= 0.3 is 5.97 Å². The molecule has 1 aromatic rings. The highest BCUT2D eigenvalue weighted by Gasteiger charge is 2.16. The molecule has 0 radical (unpaired) electrons. The lowest BCUT2D eigenvalue weighted by Gasteiger charge is -2.06. The summed E-state index contributed by atoms with van der Waals surface area (Å²) in [5.74, 6) is -1.25. The van der Waals surface area contributed by atoms with Crippen molar-refractivity contribution in [2.45, 2.75) is 12.9 Å². The highest BCUT2D eigenvalue weighted by Crippen LogP contribution is 2.18. The monoisotopic (exact) mass is 227 g/mol. The Balaban J connectivity index is 2.74. The van der Waals surface area contributed by atoms with E-state index in [9.17, 15) is 14.9 Å². The van der Waals surface area contributed by atoms with Gasteiger partial charge in [-0.05, 0) is 6.07 Å². The number of para-hydroxylation sites is 1. The molecule has 0 atom stereocenters. The lowest BCUT2D eigenvalue weighted by atomic mass is 10.2. The van der Waals surface area contributed by atoms with E-state index < -0.39 is 17.2 Å². The summed E-state index contributed by atoms with van der Waals surface area (Å²) in [5, 5.41) is 27.4. The molecule has 0 aliphatic heterocycles. The van der Waals surface area contributed by atoms with Gasteiger partial charge in [0.1, 0.15) is 6.61 Å². The molecule has 0 saturated carbocycles. The molecule has 0 heterocycles. The average molecular weight is 227 g/mol. The second kappa shape index (κ2) is 5.19. The predicted molar refractivity (Wildman–Crippen MR) is 51.1 cm³/mol. The number of nitro benzene ring substituents is 1. The zero-order valence-electron chi connectivity index (χ0n) is 8.07. The van der Waals surface area contributed by atoms with Crippen LogP contribution in [0.1, 0.15) is 5.56 Å². The van der Waals surface area contributed by atoms with Crippen molar-refractivity contribution in [3.8, 4) is 0 Å². The van der Waals surface area contributed by atoms with Crippen LogP contribution in [-0.2, 0) is 16.1 Å². The second-order valence-electron chi connectivity index (χ2n) is 2.87. The summed E-state index contributed by atoms with van der Waals surface area (Å²) >= 11 is 0. The highest BCUT2D eigenvalue weighted by atomic mass is 16.6. The Labute approximate surface area is 90.0 Å². The van der Waals surface area contributed by atoms with E-state index in [0.29, 0.717) is 0 Å². The molecular weight excluding hydrogens is 218 g/mol. The lowest BCUT2D eigenvalue weighted by molar-refractivity contribution is -0.385. The van der Waals surface area contributed by atoms with Crippen LogP contribution in [0.2, 0.25) is 0 Å². The number of aliphatic hydroxyl groups excluding tert-OH is 1. The molecule has 0 amide bonds. The first kappa shape index (κ1) is 12.1. The number of esters is 1. The lowest BCUT2D eigenvalue weighted by Crippen LogP contribution is -2.22. The van der Waals surface area contributed by atoms with Crippen LogP contribution in [0.3, 0.4) is 0 Å². The molecule has 16 heavy (non-hydrogen) atoms. The molecular formula is C9H9NO6. The normalized spacial score (nSPS) is 10.2. The van der Waals surface area contributed by atoms with Crippen molar-refractivity contribution in [3.05, 3.63) is 39.9 Å². The minimum atomic E-state index is -2.23. The number of rotatable bonds is 4. The van der Waals surface area contributed by atoms with E-state index in [4.69, 9.17) is 10.2 Å². The number of hydrogen-bond donors (Lipinski definition) is 2. The van der Waals surface area contributed by atoms with Gasteiger partial charge in [-0.2, -0.15) is 0 Å². The van der Waals surface area contributed by atoms with Crippen molar-refractivity contribution < 1.29 is 24.7 Å². The van der Waals surface area contributed by atoms with Crippen LogP contribution in [-0.4, -0.2) is 27.4 Å². The first-order valence-corrected chi connectivity index (χ1v) is 4.27. The van der Waals surface area contributed by atoms with Gasteiger partial charge in [-0.1, -0.05) is 12.1 Å². The number of ether oxygens (including phenoxy) is 1. The molecule has 86 valence electrons. The molecule has 0 bridgehead atoms. The Morgan fingerprint density at radius 1 is 1.44 bits per heavy atom. The van der Waals surface area contributed by atoms with Gasteiger partial charge in [0.2, 0.25) is 0 Å². The van der Waals surface area contributed by atoms with Crippen LogP contribution in [0.25, 0.3) is 0 Å². The molecule has 0 aromatic heterocycles. The largest absolute Gasteiger partial charge is 0.457 e. The maximum atomic E-state index is 10.7. The summed E-state index contributed by atoms with van der Waals surface area (Å²) < 4.78 is 4.44. The van der Waals surface area contributed by atoms with Crippen molar-refractivity contribution in [1.29, 1.82) is 0 Å². The molecule has 0 saturated heterocycles. The number of benzene rings is 1. The van der Waals surface area contributed by atoms with E-state index >= 15 is 0 Å². The number of aliphatic hydroxyl groups is 2. The summed E-state index contributed by atoms with van der Waals surface area (Å²) in [6.45, 7) is -0.381. The van der Waals surface area contributed by atoms with Gasteiger partial charge in [0.05, 0.1) is 10.5 Å². The number of carbonyl (C=O) groups is 1. The first-order valence-electron chi connectivity index (χ1n) is 4.27. The van der Waals surface area contributed by atoms with E-state index in [0.717, 1.165) is 0 Å². The quantitative estimate of drug-likeness (QED) is 0.323. The third-order valence-corrected chi connectivity index (χ3v) is 1.77. The third kappa shape index (κ3) is 3.01. The average Bonchev–Trinajstić information content (AvgIpc) is 2.25. The fraction of sp³-hybridized carbons (Fsp3) is 0.222. The van der Waals surface area contributed by atoms with Crippen molar-refractivity contribution >= 4 is 11.7 Å². The summed E-state index contributed by atoms with van der Waals surface area (Å²) in [6.07, 6.45) is -2.23. The van der Waals surface area contributed by atoms with Crippen molar-refractivity contribution in [3.63, 3.8) is 0 Å². The summed E-state index contributed by atoms with van der Waals surface area (Å²) in [6, 6.07) is 5.70.